The summed E-state index contributed by atoms with van der Waals surface area (Å²) < 4.78 is 31.5. The van der Waals surface area contributed by atoms with Gasteiger partial charge in [-0.15, -0.1) is 0 Å². The Kier molecular flexibility index (Phi) is 3.37. The van der Waals surface area contributed by atoms with Crippen LogP contribution in [0, 0.1) is 12.8 Å². The molecule has 1 aliphatic rings. The molecule has 0 radical (unpaired) electrons. The lowest BCUT2D eigenvalue weighted by Gasteiger charge is -2.18. The molecule has 0 aromatic carbocycles. The number of nitrogens with one attached hydrogen (secondary N) is 1. The number of aryl methyl sites for hydroxylation is 2. The number of hydrogen-bond donors (Lipinski definition) is 1. The van der Waals surface area contributed by atoms with E-state index in [2.05, 4.69) is 14.8 Å². The maximum absolute atomic E-state index is 12.6. The van der Waals surface area contributed by atoms with Gasteiger partial charge in [-0.1, -0.05) is 0 Å². The van der Waals surface area contributed by atoms with Crippen LogP contribution in [0.1, 0.15) is 30.4 Å². The first-order valence-corrected chi connectivity index (χ1v) is 8.36. The van der Waals surface area contributed by atoms with Crippen LogP contribution < -0.4 is 4.72 Å². The van der Waals surface area contributed by atoms with Crippen molar-refractivity contribution in [2.24, 2.45) is 20.0 Å². The Balaban J connectivity index is 1.93. The van der Waals surface area contributed by atoms with Gasteiger partial charge in [0.2, 0.25) is 10.0 Å². The van der Waals surface area contributed by atoms with Gasteiger partial charge in [0, 0.05) is 26.5 Å². The van der Waals surface area contributed by atoms with Crippen molar-refractivity contribution >= 4 is 10.0 Å². The predicted molar refractivity (Wildman–Crippen MR) is 76.9 cm³/mol. The number of rotatable bonds is 5. The van der Waals surface area contributed by atoms with E-state index in [9.17, 15) is 8.42 Å². The number of hydrogen-bond acceptors (Lipinski definition) is 4. The lowest BCUT2D eigenvalue weighted by Crippen LogP contribution is -2.32. The van der Waals surface area contributed by atoms with Gasteiger partial charge in [0.25, 0.3) is 0 Å². The summed E-state index contributed by atoms with van der Waals surface area (Å²) >= 11 is 0. The number of nitrogens with zero attached hydrogens (tertiary/aromatic N) is 4. The largest absolute Gasteiger partial charge is 0.337 e. The molecule has 114 valence electrons. The van der Waals surface area contributed by atoms with Gasteiger partial charge in [-0.2, -0.15) is 5.10 Å². The van der Waals surface area contributed by atoms with Crippen LogP contribution in [0.2, 0.25) is 0 Å². The standard InChI is InChI=1S/C13H19N5O2S/c1-9-11(8-15-18(9)3)21(19,20)16-12(10-4-5-10)13-14-6-7-17(13)2/h6-8,10,12,16H,4-5H2,1-3H3. The second kappa shape index (κ2) is 4.96. The molecule has 0 saturated heterocycles. The molecule has 1 unspecified atom stereocenters. The van der Waals surface area contributed by atoms with Crippen LogP contribution in [0.5, 0.6) is 0 Å². The zero-order valence-electron chi connectivity index (χ0n) is 12.3. The van der Waals surface area contributed by atoms with Gasteiger partial charge in [0.1, 0.15) is 10.7 Å². The molecular formula is C13H19N5O2S. The minimum absolute atomic E-state index is 0.227. The molecule has 0 bridgehead atoms. The zero-order valence-corrected chi connectivity index (χ0v) is 13.1. The maximum atomic E-state index is 12.6. The van der Waals surface area contributed by atoms with Crippen LogP contribution in [-0.4, -0.2) is 27.7 Å². The van der Waals surface area contributed by atoms with E-state index in [1.165, 1.54) is 6.20 Å². The SMILES string of the molecule is Cc1c(S(=O)(=O)NC(c2nccn2C)C2CC2)cnn1C. The van der Waals surface area contributed by atoms with Crippen molar-refractivity contribution in [3.8, 4) is 0 Å². The first kappa shape index (κ1) is 14.3. The summed E-state index contributed by atoms with van der Waals surface area (Å²) in [5.41, 5.74) is 0.622. The van der Waals surface area contributed by atoms with Crippen molar-refractivity contribution in [2.75, 3.05) is 0 Å². The molecule has 2 heterocycles. The van der Waals surface area contributed by atoms with Gasteiger partial charge < -0.3 is 4.57 Å². The summed E-state index contributed by atoms with van der Waals surface area (Å²) in [5.74, 6) is 1.07. The molecule has 2 aromatic heterocycles. The summed E-state index contributed by atoms with van der Waals surface area (Å²) in [7, 11) is 0.000161. The Morgan fingerprint density at radius 2 is 2.10 bits per heavy atom. The third kappa shape index (κ3) is 2.60. The summed E-state index contributed by atoms with van der Waals surface area (Å²) in [6, 6.07) is -0.283. The van der Waals surface area contributed by atoms with Crippen molar-refractivity contribution in [3.05, 3.63) is 30.1 Å². The topological polar surface area (TPSA) is 81.8 Å². The summed E-state index contributed by atoms with van der Waals surface area (Å²) in [6.45, 7) is 1.74. The molecule has 7 nitrogen and oxygen atoms in total. The minimum atomic E-state index is -3.60. The highest BCUT2D eigenvalue weighted by Crippen LogP contribution is 2.41. The average molecular weight is 309 g/mol. The molecule has 0 spiro atoms. The Hall–Kier alpha value is -1.67. The third-order valence-corrected chi connectivity index (χ3v) is 5.54. The second-order valence-corrected chi connectivity index (χ2v) is 7.23. The van der Waals surface area contributed by atoms with Gasteiger partial charge in [0.15, 0.2) is 0 Å². The van der Waals surface area contributed by atoms with Crippen molar-refractivity contribution in [1.82, 2.24) is 24.1 Å². The van der Waals surface area contributed by atoms with Crippen LogP contribution in [0.15, 0.2) is 23.5 Å². The van der Waals surface area contributed by atoms with E-state index in [0.29, 0.717) is 11.6 Å². The summed E-state index contributed by atoms with van der Waals surface area (Å²) in [5, 5.41) is 4.01. The molecule has 1 aliphatic carbocycles. The summed E-state index contributed by atoms with van der Waals surface area (Å²) in [4.78, 5) is 4.52. The van der Waals surface area contributed by atoms with Crippen LogP contribution in [-0.2, 0) is 24.1 Å². The van der Waals surface area contributed by atoms with Crippen molar-refractivity contribution < 1.29 is 8.42 Å². The predicted octanol–water partition coefficient (Wildman–Crippen LogP) is 0.892. The normalized spacial score (nSPS) is 17.1. The van der Waals surface area contributed by atoms with E-state index in [1.807, 2.05) is 17.8 Å². The molecule has 0 aliphatic heterocycles. The molecular weight excluding hydrogens is 290 g/mol. The first-order valence-electron chi connectivity index (χ1n) is 6.88. The van der Waals surface area contributed by atoms with Gasteiger partial charge >= 0.3 is 0 Å². The molecule has 1 atom stereocenters. The fraction of sp³-hybridized carbons (Fsp3) is 0.538. The Labute approximate surface area is 124 Å². The fourth-order valence-corrected chi connectivity index (χ4v) is 3.91. The van der Waals surface area contributed by atoms with E-state index >= 15 is 0 Å². The smallest absolute Gasteiger partial charge is 0.244 e. The Bertz CT molecular complexity index is 757. The monoisotopic (exact) mass is 309 g/mol. The molecule has 1 N–H and O–H groups in total. The number of aromatic nitrogens is 4. The molecule has 21 heavy (non-hydrogen) atoms. The van der Waals surface area contributed by atoms with E-state index in [-0.39, 0.29) is 10.9 Å². The number of imidazole rings is 1. The van der Waals surface area contributed by atoms with Crippen LogP contribution in [0.4, 0.5) is 0 Å². The lowest BCUT2D eigenvalue weighted by atomic mass is 10.2. The lowest BCUT2D eigenvalue weighted by molar-refractivity contribution is 0.499. The first-order chi connectivity index (χ1) is 9.90. The van der Waals surface area contributed by atoms with E-state index < -0.39 is 10.0 Å². The average Bonchev–Trinajstić information content (AvgIpc) is 3.09. The van der Waals surface area contributed by atoms with Crippen molar-refractivity contribution in [2.45, 2.75) is 30.7 Å². The third-order valence-electron chi connectivity index (χ3n) is 3.99. The minimum Gasteiger partial charge on any atom is -0.337 e. The second-order valence-electron chi connectivity index (χ2n) is 5.55. The molecule has 1 fully saturated rings. The van der Waals surface area contributed by atoms with Crippen molar-refractivity contribution in [3.63, 3.8) is 0 Å². The fourth-order valence-electron chi connectivity index (χ4n) is 2.44. The van der Waals surface area contributed by atoms with Crippen molar-refractivity contribution in [1.29, 1.82) is 0 Å². The van der Waals surface area contributed by atoms with E-state index in [0.717, 1.165) is 18.7 Å². The Morgan fingerprint density at radius 3 is 2.57 bits per heavy atom. The highest BCUT2D eigenvalue weighted by molar-refractivity contribution is 7.89. The summed E-state index contributed by atoms with van der Waals surface area (Å²) in [6.07, 6.45) is 6.95. The number of sulfonamides is 1. The van der Waals surface area contributed by atoms with E-state index in [1.54, 1.807) is 24.9 Å². The van der Waals surface area contributed by atoms with Crippen LogP contribution >= 0.6 is 0 Å². The molecule has 8 heteroatoms. The van der Waals surface area contributed by atoms with Gasteiger partial charge in [-0.05, 0) is 25.7 Å². The molecule has 3 rings (SSSR count). The van der Waals surface area contributed by atoms with Gasteiger partial charge in [0.05, 0.1) is 17.9 Å². The van der Waals surface area contributed by atoms with Crippen LogP contribution in [0.3, 0.4) is 0 Å². The van der Waals surface area contributed by atoms with Gasteiger partial charge in [-0.3, -0.25) is 4.68 Å². The molecule has 2 aromatic rings. The zero-order chi connectivity index (χ0) is 15.2. The van der Waals surface area contributed by atoms with Crippen LogP contribution in [0.25, 0.3) is 0 Å². The van der Waals surface area contributed by atoms with Gasteiger partial charge in [-0.25, -0.2) is 18.1 Å². The molecule has 0 amide bonds. The molecule has 1 saturated carbocycles. The highest BCUT2D eigenvalue weighted by Gasteiger charge is 2.38. The maximum Gasteiger partial charge on any atom is 0.244 e. The van der Waals surface area contributed by atoms with E-state index in [4.69, 9.17) is 0 Å². The highest BCUT2D eigenvalue weighted by atomic mass is 32.2. The Morgan fingerprint density at radius 1 is 1.38 bits per heavy atom. The quantitative estimate of drug-likeness (QED) is 0.889.